The highest BCUT2D eigenvalue weighted by Gasteiger charge is 2.37. The molecule has 0 bridgehead atoms. The highest BCUT2D eigenvalue weighted by molar-refractivity contribution is 6.02. The van der Waals surface area contributed by atoms with Crippen molar-refractivity contribution in [3.8, 4) is 11.5 Å². The van der Waals surface area contributed by atoms with Gasteiger partial charge in [0.1, 0.15) is 17.7 Å². The molecule has 5 heteroatoms. The minimum Gasteiger partial charge on any atom is -0.508 e. The maximum absolute atomic E-state index is 13.5. The molecule has 3 aromatic rings. The van der Waals surface area contributed by atoms with E-state index in [0.29, 0.717) is 23.5 Å². The lowest BCUT2D eigenvalue weighted by molar-refractivity contribution is 0.0594. The molecule has 0 saturated carbocycles. The molecule has 1 amide bonds. The summed E-state index contributed by atoms with van der Waals surface area (Å²) in [5, 5.41) is 14.1. The van der Waals surface area contributed by atoms with Crippen molar-refractivity contribution in [3.05, 3.63) is 89.5 Å². The average Bonchev–Trinajstić information content (AvgIpc) is 2.75. The van der Waals surface area contributed by atoms with Crippen LogP contribution >= 0.6 is 0 Å². The predicted molar refractivity (Wildman–Crippen MR) is 113 cm³/mol. The Bertz CT molecular complexity index is 1020. The molecule has 1 heterocycles. The van der Waals surface area contributed by atoms with Crippen molar-refractivity contribution in [2.24, 2.45) is 0 Å². The summed E-state index contributed by atoms with van der Waals surface area (Å²) in [5.74, 6) is 0.686. The third-order valence-corrected chi connectivity index (χ3v) is 5.27. The Kier molecular flexibility index (Phi) is 5.12. The second kappa shape index (κ2) is 7.87. The molecule has 5 nitrogen and oxygen atoms in total. The molecule has 148 valence electrons. The lowest BCUT2D eigenvalue weighted by atomic mass is 9.98. The van der Waals surface area contributed by atoms with Crippen LogP contribution in [0.4, 0.5) is 5.69 Å². The van der Waals surface area contributed by atoms with Crippen molar-refractivity contribution in [2.45, 2.75) is 26.1 Å². The molecule has 0 saturated heterocycles. The van der Waals surface area contributed by atoms with Gasteiger partial charge in [0.2, 0.25) is 0 Å². The maximum atomic E-state index is 13.5. The number of carbonyl (C=O) groups excluding carboxylic acids is 1. The van der Waals surface area contributed by atoms with E-state index in [1.165, 1.54) is 0 Å². The van der Waals surface area contributed by atoms with E-state index in [0.717, 1.165) is 11.3 Å². The summed E-state index contributed by atoms with van der Waals surface area (Å²) in [6.45, 7) is 4.43. The van der Waals surface area contributed by atoms with Crippen LogP contribution in [0.15, 0.2) is 72.8 Å². The molecule has 0 unspecified atom stereocenters. The number of nitrogens with one attached hydrogen (secondary N) is 1. The molecule has 29 heavy (non-hydrogen) atoms. The normalized spacial score (nSPS) is 16.7. The number of hydrogen-bond acceptors (Lipinski definition) is 4. The Labute approximate surface area is 170 Å². The molecule has 3 aromatic carbocycles. The lowest BCUT2D eigenvalue weighted by Gasteiger charge is -2.42. The molecule has 0 spiro atoms. The molecule has 1 aliphatic rings. The van der Waals surface area contributed by atoms with Crippen molar-refractivity contribution >= 4 is 11.6 Å². The molecule has 1 aliphatic heterocycles. The Hall–Kier alpha value is -3.47. The third-order valence-electron chi connectivity index (χ3n) is 5.27. The second-order valence-electron chi connectivity index (χ2n) is 7.05. The first-order chi connectivity index (χ1) is 14.1. The van der Waals surface area contributed by atoms with Crippen LogP contribution in [0.5, 0.6) is 11.5 Å². The van der Waals surface area contributed by atoms with Crippen LogP contribution in [0.1, 0.15) is 47.5 Å². The zero-order chi connectivity index (χ0) is 20.4. The first kappa shape index (κ1) is 18.9. The van der Waals surface area contributed by atoms with Gasteiger partial charge < -0.3 is 20.1 Å². The smallest absolute Gasteiger partial charge is 0.258 e. The van der Waals surface area contributed by atoms with Crippen molar-refractivity contribution in [1.29, 1.82) is 0 Å². The van der Waals surface area contributed by atoms with E-state index in [9.17, 15) is 9.90 Å². The molecule has 0 fully saturated rings. The monoisotopic (exact) mass is 388 g/mol. The van der Waals surface area contributed by atoms with Crippen LogP contribution in [-0.4, -0.2) is 22.5 Å². The molecule has 0 radical (unpaired) electrons. The van der Waals surface area contributed by atoms with Crippen LogP contribution in [0, 0.1) is 0 Å². The van der Waals surface area contributed by atoms with Gasteiger partial charge in [-0.05, 0) is 49.7 Å². The number of nitrogens with zero attached hydrogens (tertiary/aromatic N) is 1. The zero-order valence-corrected chi connectivity index (χ0v) is 16.5. The summed E-state index contributed by atoms with van der Waals surface area (Å²) < 4.78 is 5.63. The standard InChI is InChI=1S/C24H24N2O3/c1-3-29-18-13-14-22(27)20(15-18)23-25-21-12-8-7-11-19(21)24(28)26(23)16(2)17-9-5-4-6-10-17/h4-16,23,25,27H,3H2,1-2H3/t16-,23+/m1/s1. The summed E-state index contributed by atoms with van der Waals surface area (Å²) in [6, 6.07) is 22.3. The number of rotatable bonds is 5. The van der Waals surface area contributed by atoms with Crippen LogP contribution in [0.25, 0.3) is 0 Å². The highest BCUT2D eigenvalue weighted by atomic mass is 16.5. The topological polar surface area (TPSA) is 61.8 Å². The minimum absolute atomic E-state index is 0.0816. The fourth-order valence-corrected chi connectivity index (χ4v) is 3.80. The van der Waals surface area contributed by atoms with Crippen molar-refractivity contribution in [2.75, 3.05) is 11.9 Å². The van der Waals surface area contributed by atoms with Crippen LogP contribution < -0.4 is 10.1 Å². The fraction of sp³-hybridized carbons (Fsp3) is 0.208. The quantitative estimate of drug-likeness (QED) is 0.637. The van der Waals surface area contributed by atoms with E-state index in [4.69, 9.17) is 4.74 Å². The van der Waals surface area contributed by atoms with Gasteiger partial charge in [-0.1, -0.05) is 42.5 Å². The molecule has 4 rings (SSSR count). The van der Waals surface area contributed by atoms with E-state index in [-0.39, 0.29) is 17.7 Å². The van der Waals surface area contributed by atoms with E-state index < -0.39 is 6.17 Å². The minimum atomic E-state index is -0.534. The van der Waals surface area contributed by atoms with Crippen LogP contribution in [-0.2, 0) is 0 Å². The summed E-state index contributed by atoms with van der Waals surface area (Å²) in [5.41, 5.74) is 2.99. The summed E-state index contributed by atoms with van der Waals surface area (Å²) in [7, 11) is 0. The molecule has 2 N–H and O–H groups in total. The Morgan fingerprint density at radius 3 is 2.55 bits per heavy atom. The number of benzene rings is 3. The molecular weight excluding hydrogens is 364 g/mol. The number of para-hydroxylation sites is 1. The number of aromatic hydroxyl groups is 1. The first-order valence-corrected chi connectivity index (χ1v) is 9.79. The molecular formula is C24H24N2O3. The Morgan fingerprint density at radius 1 is 1.07 bits per heavy atom. The zero-order valence-electron chi connectivity index (χ0n) is 16.5. The number of ether oxygens (including phenoxy) is 1. The SMILES string of the molecule is CCOc1ccc(O)c([C@H]2Nc3ccccc3C(=O)N2[C@H](C)c2ccccc2)c1. The number of amides is 1. The van der Waals surface area contributed by atoms with E-state index in [1.54, 1.807) is 23.1 Å². The number of phenolic OH excluding ortho intramolecular Hbond substituents is 1. The Morgan fingerprint density at radius 2 is 1.79 bits per heavy atom. The van der Waals surface area contributed by atoms with Gasteiger partial charge in [-0.15, -0.1) is 0 Å². The third kappa shape index (κ3) is 3.51. The van der Waals surface area contributed by atoms with E-state index >= 15 is 0 Å². The Balaban J connectivity index is 1.83. The molecule has 0 aromatic heterocycles. The van der Waals surface area contributed by atoms with Gasteiger partial charge in [0, 0.05) is 11.3 Å². The van der Waals surface area contributed by atoms with Gasteiger partial charge in [0.25, 0.3) is 5.91 Å². The van der Waals surface area contributed by atoms with Crippen LogP contribution in [0.2, 0.25) is 0 Å². The summed E-state index contributed by atoms with van der Waals surface area (Å²) in [6.07, 6.45) is -0.534. The van der Waals surface area contributed by atoms with Gasteiger partial charge in [0.15, 0.2) is 0 Å². The molecule has 0 aliphatic carbocycles. The summed E-state index contributed by atoms with van der Waals surface area (Å²) >= 11 is 0. The summed E-state index contributed by atoms with van der Waals surface area (Å²) in [4.78, 5) is 15.3. The number of hydrogen-bond donors (Lipinski definition) is 2. The lowest BCUT2D eigenvalue weighted by Crippen LogP contribution is -2.44. The number of anilines is 1. The van der Waals surface area contributed by atoms with Crippen molar-refractivity contribution < 1.29 is 14.6 Å². The van der Waals surface area contributed by atoms with Gasteiger partial charge in [-0.3, -0.25) is 4.79 Å². The largest absolute Gasteiger partial charge is 0.508 e. The van der Waals surface area contributed by atoms with Gasteiger partial charge in [-0.2, -0.15) is 0 Å². The molecule has 2 atom stereocenters. The fourth-order valence-electron chi connectivity index (χ4n) is 3.80. The van der Waals surface area contributed by atoms with E-state index in [1.807, 2.05) is 68.4 Å². The van der Waals surface area contributed by atoms with Crippen molar-refractivity contribution in [1.82, 2.24) is 4.90 Å². The predicted octanol–water partition coefficient (Wildman–Crippen LogP) is 5.12. The highest BCUT2D eigenvalue weighted by Crippen LogP contribution is 2.41. The van der Waals surface area contributed by atoms with Crippen molar-refractivity contribution in [3.63, 3.8) is 0 Å². The van der Waals surface area contributed by atoms with E-state index in [2.05, 4.69) is 5.32 Å². The van der Waals surface area contributed by atoms with Gasteiger partial charge >= 0.3 is 0 Å². The van der Waals surface area contributed by atoms with Gasteiger partial charge in [-0.25, -0.2) is 0 Å². The first-order valence-electron chi connectivity index (χ1n) is 9.79. The number of phenols is 1. The number of fused-ring (bicyclic) bond motifs is 1. The second-order valence-corrected chi connectivity index (χ2v) is 7.05. The van der Waals surface area contributed by atoms with Crippen LogP contribution in [0.3, 0.4) is 0 Å². The number of carbonyl (C=O) groups is 1. The van der Waals surface area contributed by atoms with Gasteiger partial charge in [0.05, 0.1) is 18.2 Å². The maximum Gasteiger partial charge on any atom is 0.258 e. The average molecular weight is 388 g/mol.